The molecule has 6 nitrogen and oxygen atoms in total. The van der Waals surface area contributed by atoms with Crippen molar-refractivity contribution in [1.29, 1.82) is 0 Å². The van der Waals surface area contributed by atoms with Crippen LogP contribution in [-0.2, 0) is 0 Å². The van der Waals surface area contributed by atoms with E-state index in [4.69, 9.17) is 0 Å². The van der Waals surface area contributed by atoms with Crippen LogP contribution in [0.25, 0.3) is 0 Å². The second kappa shape index (κ2) is 9.33. The number of thiazole rings is 1. The predicted molar refractivity (Wildman–Crippen MR) is 88.1 cm³/mol. The second-order valence-electron chi connectivity index (χ2n) is 4.74. The average molecular weight is 311 g/mol. The van der Waals surface area contributed by atoms with E-state index in [1.54, 1.807) is 5.51 Å². The number of aromatic nitrogens is 1. The summed E-state index contributed by atoms with van der Waals surface area (Å²) in [5.74, 6) is 0.708. The topological polar surface area (TPSA) is 78.4 Å². The van der Waals surface area contributed by atoms with Crippen LogP contribution in [0.15, 0.2) is 10.5 Å². The first-order valence-corrected chi connectivity index (χ1v) is 8.19. The summed E-state index contributed by atoms with van der Waals surface area (Å²) in [6.07, 6.45) is 1.03. The molecule has 7 heteroatoms. The third kappa shape index (κ3) is 6.12. The number of carbonyl (C=O) groups is 1. The van der Waals surface area contributed by atoms with Crippen LogP contribution in [0, 0.1) is 6.92 Å². The van der Waals surface area contributed by atoms with Crippen LogP contribution in [0.5, 0.6) is 0 Å². The van der Waals surface area contributed by atoms with Gasteiger partial charge in [-0.3, -0.25) is 9.79 Å². The van der Waals surface area contributed by atoms with Gasteiger partial charge in [0, 0.05) is 19.1 Å². The van der Waals surface area contributed by atoms with Gasteiger partial charge in [-0.1, -0.05) is 6.92 Å². The Balaban J connectivity index is 2.40. The Kier molecular flexibility index (Phi) is 7.74. The molecule has 3 N–H and O–H groups in total. The Morgan fingerprint density at radius 1 is 1.43 bits per heavy atom. The first kappa shape index (κ1) is 17.4. The summed E-state index contributed by atoms with van der Waals surface area (Å²) < 4.78 is 0. The molecule has 0 aliphatic heterocycles. The number of hydrogen-bond acceptors (Lipinski definition) is 4. The van der Waals surface area contributed by atoms with Crippen molar-refractivity contribution in [2.45, 2.75) is 40.2 Å². The predicted octanol–water partition coefficient (Wildman–Crippen LogP) is 1.53. The van der Waals surface area contributed by atoms with Gasteiger partial charge >= 0.3 is 0 Å². The zero-order chi connectivity index (χ0) is 15.7. The SMILES string of the molecule is CCNC(=NCCNC(=O)c1scnc1C)NC(C)CC. The molecule has 1 rings (SSSR count). The maximum absolute atomic E-state index is 11.9. The Morgan fingerprint density at radius 3 is 2.76 bits per heavy atom. The van der Waals surface area contributed by atoms with Gasteiger partial charge in [-0.25, -0.2) is 4.98 Å². The molecule has 0 radical (unpaired) electrons. The van der Waals surface area contributed by atoms with Crippen LogP contribution in [0.2, 0.25) is 0 Å². The van der Waals surface area contributed by atoms with Crippen LogP contribution in [0.3, 0.4) is 0 Å². The summed E-state index contributed by atoms with van der Waals surface area (Å²) in [5.41, 5.74) is 2.45. The second-order valence-corrected chi connectivity index (χ2v) is 5.59. The molecule has 1 unspecified atom stereocenters. The fourth-order valence-corrected chi connectivity index (χ4v) is 2.31. The quantitative estimate of drug-likeness (QED) is 0.405. The lowest BCUT2D eigenvalue weighted by Gasteiger charge is -2.16. The van der Waals surface area contributed by atoms with Crippen LogP contribution in [0.1, 0.15) is 42.6 Å². The van der Waals surface area contributed by atoms with Crippen molar-refractivity contribution in [3.8, 4) is 0 Å². The van der Waals surface area contributed by atoms with Gasteiger partial charge in [-0.05, 0) is 27.2 Å². The minimum absolute atomic E-state index is 0.0786. The highest BCUT2D eigenvalue weighted by Gasteiger charge is 2.10. The lowest BCUT2D eigenvalue weighted by atomic mass is 10.3. The number of aliphatic imine (C=N–C) groups is 1. The fourth-order valence-electron chi connectivity index (χ4n) is 1.59. The average Bonchev–Trinajstić information content (AvgIpc) is 2.89. The van der Waals surface area contributed by atoms with E-state index in [1.165, 1.54) is 11.3 Å². The molecule has 0 saturated carbocycles. The number of aryl methyl sites for hydroxylation is 1. The summed E-state index contributed by atoms with van der Waals surface area (Å²) >= 11 is 1.36. The largest absolute Gasteiger partial charge is 0.357 e. The summed E-state index contributed by atoms with van der Waals surface area (Å²) in [6.45, 7) is 9.96. The summed E-state index contributed by atoms with van der Waals surface area (Å²) in [5, 5.41) is 9.36. The molecule has 1 aromatic rings. The first-order chi connectivity index (χ1) is 10.1. The standard InChI is InChI=1S/C14H25N5OS/c1-5-10(3)19-14(15-6-2)17-8-7-16-13(20)12-11(4)18-9-21-12/h9-10H,5-8H2,1-4H3,(H,16,20)(H2,15,17,19). The molecule has 1 amide bonds. The smallest absolute Gasteiger partial charge is 0.263 e. The fraction of sp³-hybridized carbons (Fsp3) is 0.643. The molecule has 1 aromatic heterocycles. The number of nitrogens with zero attached hydrogens (tertiary/aromatic N) is 2. The third-order valence-corrected chi connectivity index (χ3v) is 3.89. The van der Waals surface area contributed by atoms with Crippen LogP contribution < -0.4 is 16.0 Å². The third-order valence-electron chi connectivity index (χ3n) is 2.96. The molecule has 0 fully saturated rings. The van der Waals surface area contributed by atoms with E-state index >= 15 is 0 Å². The lowest BCUT2D eigenvalue weighted by molar-refractivity contribution is 0.0958. The van der Waals surface area contributed by atoms with E-state index in [0.717, 1.165) is 24.6 Å². The molecular weight excluding hydrogens is 286 g/mol. The van der Waals surface area contributed by atoms with Crippen molar-refractivity contribution in [3.63, 3.8) is 0 Å². The van der Waals surface area contributed by atoms with Gasteiger partial charge in [0.25, 0.3) is 5.91 Å². The highest BCUT2D eigenvalue weighted by Crippen LogP contribution is 2.11. The van der Waals surface area contributed by atoms with Crippen molar-refractivity contribution in [2.75, 3.05) is 19.6 Å². The van der Waals surface area contributed by atoms with Crippen LogP contribution in [0.4, 0.5) is 0 Å². The molecule has 0 aliphatic rings. The number of guanidine groups is 1. The molecule has 0 saturated heterocycles. The lowest BCUT2D eigenvalue weighted by Crippen LogP contribution is -2.42. The van der Waals surface area contributed by atoms with Gasteiger partial charge in [0.2, 0.25) is 0 Å². The Labute approximate surface area is 130 Å². The van der Waals surface area contributed by atoms with Crippen molar-refractivity contribution < 1.29 is 4.79 Å². The Bertz CT molecular complexity index is 472. The highest BCUT2D eigenvalue weighted by atomic mass is 32.1. The Morgan fingerprint density at radius 2 is 2.19 bits per heavy atom. The van der Waals surface area contributed by atoms with Gasteiger partial charge in [0.1, 0.15) is 4.88 Å². The van der Waals surface area contributed by atoms with E-state index in [2.05, 4.69) is 39.8 Å². The number of amides is 1. The molecule has 118 valence electrons. The number of rotatable bonds is 7. The van der Waals surface area contributed by atoms with Crippen molar-refractivity contribution >= 4 is 23.2 Å². The Hall–Kier alpha value is -1.63. The number of carbonyl (C=O) groups excluding carboxylic acids is 1. The van der Waals surface area contributed by atoms with Crippen LogP contribution in [-0.4, -0.2) is 42.5 Å². The minimum atomic E-state index is -0.0786. The summed E-state index contributed by atoms with van der Waals surface area (Å²) in [7, 11) is 0. The zero-order valence-electron chi connectivity index (χ0n) is 13.2. The maximum Gasteiger partial charge on any atom is 0.263 e. The zero-order valence-corrected chi connectivity index (χ0v) is 14.0. The van der Waals surface area contributed by atoms with Gasteiger partial charge in [-0.15, -0.1) is 11.3 Å². The molecule has 0 aliphatic carbocycles. The molecular formula is C14H25N5OS. The first-order valence-electron chi connectivity index (χ1n) is 7.31. The van der Waals surface area contributed by atoms with E-state index in [9.17, 15) is 4.79 Å². The van der Waals surface area contributed by atoms with Gasteiger partial charge in [0.15, 0.2) is 5.96 Å². The minimum Gasteiger partial charge on any atom is -0.357 e. The molecule has 1 heterocycles. The van der Waals surface area contributed by atoms with Crippen molar-refractivity contribution in [1.82, 2.24) is 20.9 Å². The van der Waals surface area contributed by atoms with Gasteiger partial charge in [0.05, 0.1) is 17.7 Å². The monoisotopic (exact) mass is 311 g/mol. The molecule has 0 aromatic carbocycles. The summed E-state index contributed by atoms with van der Waals surface area (Å²) in [4.78, 5) is 21.1. The number of nitrogens with one attached hydrogen (secondary N) is 3. The molecule has 21 heavy (non-hydrogen) atoms. The van der Waals surface area contributed by atoms with Gasteiger partial charge in [-0.2, -0.15) is 0 Å². The molecule has 1 atom stereocenters. The molecule has 0 spiro atoms. The van der Waals surface area contributed by atoms with Crippen LogP contribution >= 0.6 is 11.3 Å². The van der Waals surface area contributed by atoms with E-state index in [0.29, 0.717) is 24.0 Å². The van der Waals surface area contributed by atoms with Crippen molar-refractivity contribution in [3.05, 3.63) is 16.1 Å². The van der Waals surface area contributed by atoms with E-state index in [-0.39, 0.29) is 5.91 Å². The van der Waals surface area contributed by atoms with Gasteiger partial charge < -0.3 is 16.0 Å². The normalized spacial score (nSPS) is 12.9. The highest BCUT2D eigenvalue weighted by molar-refractivity contribution is 7.11. The van der Waals surface area contributed by atoms with E-state index < -0.39 is 0 Å². The summed E-state index contributed by atoms with van der Waals surface area (Å²) in [6, 6.07) is 0.372. The number of hydrogen-bond donors (Lipinski definition) is 3. The van der Waals surface area contributed by atoms with Crippen molar-refractivity contribution in [2.24, 2.45) is 4.99 Å². The van der Waals surface area contributed by atoms with E-state index in [1.807, 2.05) is 13.8 Å². The molecule has 0 bridgehead atoms. The maximum atomic E-state index is 11.9.